The molecule has 21 heavy (non-hydrogen) atoms. The van der Waals surface area contributed by atoms with Gasteiger partial charge in [-0.15, -0.1) is 0 Å². The van der Waals surface area contributed by atoms with Crippen LogP contribution in [0.25, 0.3) is 10.9 Å². The van der Waals surface area contributed by atoms with Crippen LogP contribution in [0, 0.1) is 5.41 Å². The number of nitrogens with one attached hydrogen (secondary N) is 1. The lowest BCUT2D eigenvalue weighted by molar-refractivity contribution is -0.150. The largest absolute Gasteiger partial charge is 0.458 e. The molecule has 4 heteroatoms. The third kappa shape index (κ3) is 3.94. The molecule has 0 saturated heterocycles. The summed E-state index contributed by atoms with van der Waals surface area (Å²) >= 11 is 0. The second kappa shape index (κ2) is 6.12. The van der Waals surface area contributed by atoms with E-state index in [-0.39, 0.29) is 24.8 Å². The van der Waals surface area contributed by atoms with Crippen LogP contribution in [0.5, 0.6) is 0 Å². The molecular weight excluding hydrogens is 266 g/mol. The summed E-state index contributed by atoms with van der Waals surface area (Å²) in [6, 6.07) is 7.96. The number of ether oxygens (including phenoxy) is 1. The van der Waals surface area contributed by atoms with Crippen molar-refractivity contribution < 1.29 is 14.3 Å². The topological polar surface area (TPSA) is 59.2 Å². The van der Waals surface area contributed by atoms with E-state index < -0.39 is 5.41 Å². The summed E-state index contributed by atoms with van der Waals surface area (Å²) in [6.07, 6.45) is 2.80. The molecule has 0 saturated carbocycles. The smallest absolute Gasteiger partial charge is 0.306 e. The maximum atomic E-state index is 11.7. The number of aromatic nitrogens is 1. The Bertz CT molecular complexity index is 649. The highest BCUT2D eigenvalue weighted by molar-refractivity contribution is 5.87. The van der Waals surface area contributed by atoms with E-state index in [1.54, 1.807) is 0 Å². The predicted octanol–water partition coefficient (Wildman–Crippen LogP) is 3.26. The number of aromatic amines is 1. The van der Waals surface area contributed by atoms with Crippen molar-refractivity contribution in [1.29, 1.82) is 0 Å². The Morgan fingerprint density at radius 1 is 1.19 bits per heavy atom. The number of fused-ring (bicyclic) bond motifs is 1. The van der Waals surface area contributed by atoms with Crippen LogP contribution in [0.4, 0.5) is 0 Å². The molecule has 2 aromatic rings. The lowest BCUT2D eigenvalue weighted by Crippen LogP contribution is -2.26. The summed E-state index contributed by atoms with van der Waals surface area (Å²) in [4.78, 5) is 26.6. The zero-order valence-electron chi connectivity index (χ0n) is 12.7. The highest BCUT2D eigenvalue weighted by Gasteiger charge is 2.22. The van der Waals surface area contributed by atoms with Crippen molar-refractivity contribution in [3.63, 3.8) is 0 Å². The molecule has 0 aliphatic heterocycles. The molecular formula is C17H21NO3. The molecule has 0 radical (unpaired) electrons. The number of hydrogen-bond donors (Lipinski definition) is 1. The molecule has 1 heterocycles. The van der Waals surface area contributed by atoms with Crippen molar-refractivity contribution in [3.8, 4) is 0 Å². The number of carbonyl (C=O) groups is 2. The number of benzene rings is 1. The fourth-order valence-corrected chi connectivity index (χ4v) is 2.01. The third-order valence-corrected chi connectivity index (χ3v) is 3.47. The molecule has 1 aromatic carbocycles. The number of hydrogen-bond acceptors (Lipinski definition) is 3. The van der Waals surface area contributed by atoms with Crippen molar-refractivity contribution in [2.45, 2.75) is 33.6 Å². The van der Waals surface area contributed by atoms with Crippen LogP contribution in [-0.2, 0) is 20.7 Å². The Balaban J connectivity index is 1.86. The first-order valence-electron chi connectivity index (χ1n) is 7.12. The number of esters is 1. The minimum atomic E-state index is -0.475. The number of H-pyrrole nitrogens is 1. The first-order chi connectivity index (χ1) is 9.88. The lowest BCUT2D eigenvalue weighted by Gasteiger charge is -2.16. The zero-order valence-corrected chi connectivity index (χ0v) is 12.7. The average molecular weight is 287 g/mol. The highest BCUT2D eigenvalue weighted by Crippen LogP contribution is 2.19. The normalized spacial score (nSPS) is 11.6. The van der Waals surface area contributed by atoms with Gasteiger partial charge in [0, 0.05) is 28.9 Å². The molecule has 4 nitrogen and oxygen atoms in total. The van der Waals surface area contributed by atoms with E-state index in [9.17, 15) is 9.59 Å². The standard InChI is InChI=1S/C17H21NO3/c1-17(2,3)15(19)11-21-16(20)9-8-12-10-18-14-7-5-4-6-13(12)14/h4-7,10,18H,8-9,11H2,1-3H3. The van der Waals surface area contributed by atoms with E-state index in [1.165, 1.54) is 0 Å². The second-order valence-corrected chi connectivity index (χ2v) is 6.19. The molecule has 0 aliphatic carbocycles. The van der Waals surface area contributed by atoms with Crippen molar-refractivity contribution >= 4 is 22.7 Å². The Morgan fingerprint density at radius 2 is 1.90 bits per heavy atom. The van der Waals surface area contributed by atoms with Crippen LogP contribution in [-0.4, -0.2) is 23.3 Å². The van der Waals surface area contributed by atoms with E-state index in [2.05, 4.69) is 4.98 Å². The van der Waals surface area contributed by atoms with Crippen LogP contribution in [0.3, 0.4) is 0 Å². The molecule has 0 amide bonds. The van der Waals surface area contributed by atoms with Gasteiger partial charge in [-0.25, -0.2) is 0 Å². The van der Waals surface area contributed by atoms with Gasteiger partial charge in [0.2, 0.25) is 0 Å². The fourth-order valence-electron chi connectivity index (χ4n) is 2.01. The summed E-state index contributed by atoms with van der Waals surface area (Å²) in [6.45, 7) is 5.30. The van der Waals surface area contributed by atoms with E-state index in [1.807, 2.05) is 51.2 Å². The summed E-state index contributed by atoms with van der Waals surface area (Å²) < 4.78 is 5.04. The minimum absolute atomic E-state index is 0.0667. The van der Waals surface area contributed by atoms with Crippen LogP contribution in [0.1, 0.15) is 32.8 Å². The van der Waals surface area contributed by atoms with Gasteiger partial charge in [0.1, 0.15) is 0 Å². The van der Waals surface area contributed by atoms with Gasteiger partial charge in [-0.3, -0.25) is 9.59 Å². The van der Waals surface area contributed by atoms with Gasteiger partial charge in [-0.1, -0.05) is 39.0 Å². The van der Waals surface area contributed by atoms with Gasteiger partial charge in [-0.05, 0) is 18.1 Å². The first-order valence-corrected chi connectivity index (χ1v) is 7.12. The average Bonchev–Trinajstić information content (AvgIpc) is 2.84. The number of aryl methyl sites for hydroxylation is 1. The number of ketones is 1. The van der Waals surface area contributed by atoms with Gasteiger partial charge in [0.05, 0.1) is 0 Å². The maximum absolute atomic E-state index is 11.7. The molecule has 2 rings (SSSR count). The van der Waals surface area contributed by atoms with Crippen molar-refractivity contribution in [3.05, 3.63) is 36.0 Å². The van der Waals surface area contributed by atoms with Crippen LogP contribution in [0.15, 0.2) is 30.5 Å². The Kier molecular flexibility index (Phi) is 4.46. The minimum Gasteiger partial charge on any atom is -0.458 e. The summed E-state index contributed by atoms with van der Waals surface area (Å²) in [7, 11) is 0. The van der Waals surface area contributed by atoms with E-state index in [4.69, 9.17) is 4.74 Å². The molecule has 0 aliphatic rings. The molecule has 112 valence electrons. The molecule has 0 atom stereocenters. The summed E-state index contributed by atoms with van der Waals surface area (Å²) in [5, 5.41) is 1.12. The second-order valence-electron chi connectivity index (χ2n) is 6.19. The number of rotatable bonds is 5. The van der Waals surface area contributed by atoms with Gasteiger partial charge in [-0.2, -0.15) is 0 Å². The number of para-hydroxylation sites is 1. The number of carbonyl (C=O) groups excluding carboxylic acids is 2. The van der Waals surface area contributed by atoms with Crippen molar-refractivity contribution in [2.75, 3.05) is 6.61 Å². The van der Waals surface area contributed by atoms with Crippen molar-refractivity contribution in [1.82, 2.24) is 4.98 Å². The van der Waals surface area contributed by atoms with Gasteiger partial charge < -0.3 is 9.72 Å². The highest BCUT2D eigenvalue weighted by atomic mass is 16.5. The molecule has 0 unspecified atom stereocenters. The Morgan fingerprint density at radius 3 is 2.62 bits per heavy atom. The van der Waals surface area contributed by atoms with Crippen LogP contribution >= 0.6 is 0 Å². The molecule has 0 fully saturated rings. The first kappa shape index (κ1) is 15.3. The molecule has 0 spiro atoms. The summed E-state index contributed by atoms with van der Waals surface area (Å²) in [5.74, 6) is -0.402. The quantitative estimate of drug-likeness (QED) is 0.859. The van der Waals surface area contributed by atoms with Gasteiger partial charge in [0.15, 0.2) is 12.4 Å². The van der Waals surface area contributed by atoms with Crippen LogP contribution in [0.2, 0.25) is 0 Å². The SMILES string of the molecule is CC(C)(C)C(=O)COC(=O)CCc1c[nH]c2ccccc12. The fraction of sp³-hybridized carbons (Fsp3) is 0.412. The molecule has 0 bridgehead atoms. The molecule has 1 N–H and O–H groups in total. The van der Waals surface area contributed by atoms with Crippen LogP contribution < -0.4 is 0 Å². The monoisotopic (exact) mass is 287 g/mol. The maximum Gasteiger partial charge on any atom is 0.306 e. The number of Topliss-reactive ketones (excluding diaryl/α,β-unsaturated/α-hetero) is 1. The Labute approximate surface area is 124 Å². The van der Waals surface area contributed by atoms with E-state index in [0.717, 1.165) is 16.5 Å². The lowest BCUT2D eigenvalue weighted by atomic mass is 9.91. The molecule has 1 aromatic heterocycles. The van der Waals surface area contributed by atoms with Gasteiger partial charge >= 0.3 is 5.97 Å². The zero-order chi connectivity index (χ0) is 15.5. The van der Waals surface area contributed by atoms with Crippen molar-refractivity contribution in [2.24, 2.45) is 5.41 Å². The van der Waals surface area contributed by atoms with Gasteiger partial charge in [0.25, 0.3) is 0 Å². The predicted molar refractivity (Wildman–Crippen MR) is 82.0 cm³/mol. The van der Waals surface area contributed by atoms with E-state index in [0.29, 0.717) is 6.42 Å². The third-order valence-electron chi connectivity index (χ3n) is 3.47. The Hall–Kier alpha value is -2.10. The summed E-state index contributed by atoms with van der Waals surface area (Å²) in [5.41, 5.74) is 1.67. The van der Waals surface area contributed by atoms with E-state index >= 15 is 0 Å².